The van der Waals surface area contributed by atoms with Crippen LogP contribution < -0.4 is 5.32 Å². The monoisotopic (exact) mass is 490 g/mol. The largest absolute Gasteiger partial charge is 0.343 e. The van der Waals surface area contributed by atoms with E-state index in [0.717, 1.165) is 34.6 Å². The van der Waals surface area contributed by atoms with Gasteiger partial charge in [-0.05, 0) is 49.0 Å². The first-order chi connectivity index (χ1) is 16.7. The van der Waals surface area contributed by atoms with Gasteiger partial charge in [-0.25, -0.2) is 17.9 Å². The van der Waals surface area contributed by atoms with Gasteiger partial charge in [-0.15, -0.1) is 5.10 Å². The van der Waals surface area contributed by atoms with Gasteiger partial charge in [-0.3, -0.25) is 9.69 Å². The number of carbonyl (C=O) groups excluding carboxylic acids is 1. The Labute approximate surface area is 203 Å². The van der Waals surface area contributed by atoms with Crippen molar-refractivity contribution in [2.24, 2.45) is 0 Å². The Morgan fingerprint density at radius 2 is 1.77 bits per heavy atom. The number of amides is 1. The number of aromatic nitrogens is 3. The molecule has 2 aromatic carbocycles. The molecule has 0 radical (unpaired) electrons. The SMILES string of the molecule is CN1CCN(C)C(c2cccc(Nc3ncc4ccc(-c5ccc(S(C)(=O)=O)cc5)n4n3)c2)C1=O. The molecule has 1 N–H and O–H groups in total. The summed E-state index contributed by atoms with van der Waals surface area (Å²) in [6, 6.07) is 18.0. The summed E-state index contributed by atoms with van der Waals surface area (Å²) < 4.78 is 25.3. The maximum atomic E-state index is 12.8. The van der Waals surface area contributed by atoms with Gasteiger partial charge in [0.25, 0.3) is 0 Å². The highest BCUT2D eigenvalue weighted by Gasteiger charge is 2.32. The van der Waals surface area contributed by atoms with Crippen molar-refractivity contribution in [1.29, 1.82) is 0 Å². The number of carbonyl (C=O) groups is 1. The van der Waals surface area contributed by atoms with Gasteiger partial charge in [0.05, 0.1) is 22.3 Å². The summed E-state index contributed by atoms with van der Waals surface area (Å²) in [6.45, 7) is 1.53. The molecule has 1 aliphatic rings. The van der Waals surface area contributed by atoms with Crippen LogP contribution in [-0.4, -0.2) is 72.2 Å². The van der Waals surface area contributed by atoms with Crippen LogP contribution in [0.1, 0.15) is 11.6 Å². The molecule has 1 fully saturated rings. The van der Waals surface area contributed by atoms with Crippen molar-refractivity contribution < 1.29 is 13.2 Å². The van der Waals surface area contributed by atoms with Gasteiger partial charge < -0.3 is 10.2 Å². The van der Waals surface area contributed by atoms with E-state index in [0.29, 0.717) is 12.5 Å². The number of rotatable bonds is 5. The summed E-state index contributed by atoms with van der Waals surface area (Å²) in [5.41, 5.74) is 4.15. The minimum Gasteiger partial charge on any atom is -0.343 e. The predicted molar refractivity (Wildman–Crippen MR) is 134 cm³/mol. The maximum absolute atomic E-state index is 12.8. The van der Waals surface area contributed by atoms with Crippen LogP contribution in [0.15, 0.2) is 71.8 Å². The topological polar surface area (TPSA) is 99.9 Å². The van der Waals surface area contributed by atoms with E-state index in [1.54, 1.807) is 39.9 Å². The van der Waals surface area contributed by atoms with Crippen LogP contribution in [-0.2, 0) is 14.6 Å². The second kappa shape index (κ2) is 8.79. The molecule has 0 saturated carbocycles. The lowest BCUT2D eigenvalue weighted by Crippen LogP contribution is -2.48. The molecule has 180 valence electrons. The zero-order valence-electron chi connectivity index (χ0n) is 19.7. The lowest BCUT2D eigenvalue weighted by Gasteiger charge is -2.37. The molecule has 2 aromatic heterocycles. The minimum absolute atomic E-state index is 0.0763. The average molecular weight is 491 g/mol. The number of nitrogens with zero attached hydrogens (tertiary/aromatic N) is 5. The Kier molecular flexibility index (Phi) is 5.78. The van der Waals surface area contributed by atoms with Gasteiger partial charge in [-0.2, -0.15) is 0 Å². The number of piperazine rings is 1. The molecule has 5 rings (SSSR count). The number of anilines is 2. The predicted octanol–water partition coefficient (Wildman–Crippen LogP) is 2.99. The number of benzene rings is 2. The van der Waals surface area contributed by atoms with E-state index in [9.17, 15) is 13.2 Å². The fraction of sp³-hybridized carbons (Fsp3) is 0.240. The van der Waals surface area contributed by atoms with Crippen molar-refractivity contribution in [2.75, 3.05) is 38.8 Å². The van der Waals surface area contributed by atoms with E-state index >= 15 is 0 Å². The molecule has 35 heavy (non-hydrogen) atoms. The van der Waals surface area contributed by atoms with Gasteiger partial charge in [-0.1, -0.05) is 24.3 Å². The molecular formula is C25H26N6O3S. The molecule has 1 unspecified atom stereocenters. The van der Waals surface area contributed by atoms with Crippen molar-refractivity contribution >= 4 is 32.9 Å². The summed E-state index contributed by atoms with van der Waals surface area (Å²) in [4.78, 5) is 21.3. The number of fused-ring (bicyclic) bond motifs is 1. The molecule has 0 aliphatic carbocycles. The van der Waals surface area contributed by atoms with Crippen LogP contribution in [0, 0.1) is 0 Å². The smallest absolute Gasteiger partial charge is 0.245 e. The zero-order valence-corrected chi connectivity index (χ0v) is 20.5. The third-order valence-electron chi connectivity index (χ3n) is 6.27. The molecule has 9 nitrogen and oxygen atoms in total. The molecule has 0 bridgehead atoms. The number of hydrogen-bond donors (Lipinski definition) is 1. The maximum Gasteiger partial charge on any atom is 0.245 e. The standard InChI is InChI=1S/C25H26N6O3S/c1-29-13-14-30(2)24(32)23(29)18-5-4-6-19(15-18)27-25-26-16-20-9-12-22(31(20)28-25)17-7-10-21(11-8-17)35(3,33)34/h4-12,15-16,23H,13-14H2,1-3H3,(H,27,28). The second-order valence-corrected chi connectivity index (χ2v) is 10.8. The minimum atomic E-state index is -3.26. The molecule has 1 saturated heterocycles. The Morgan fingerprint density at radius 1 is 1.00 bits per heavy atom. The molecule has 10 heteroatoms. The first-order valence-electron chi connectivity index (χ1n) is 11.2. The molecule has 1 atom stereocenters. The fourth-order valence-corrected chi connectivity index (χ4v) is 4.94. The highest BCUT2D eigenvalue weighted by Crippen LogP contribution is 2.28. The third kappa shape index (κ3) is 4.50. The van der Waals surface area contributed by atoms with Crippen LogP contribution in [0.2, 0.25) is 0 Å². The van der Waals surface area contributed by atoms with Gasteiger partial charge in [0.15, 0.2) is 9.84 Å². The van der Waals surface area contributed by atoms with E-state index in [1.807, 2.05) is 50.5 Å². The van der Waals surface area contributed by atoms with Gasteiger partial charge in [0, 0.05) is 37.6 Å². The second-order valence-electron chi connectivity index (χ2n) is 8.83. The Morgan fingerprint density at radius 3 is 2.51 bits per heavy atom. The first-order valence-corrected chi connectivity index (χ1v) is 13.1. The zero-order chi connectivity index (χ0) is 24.7. The van der Waals surface area contributed by atoms with Crippen molar-refractivity contribution in [1.82, 2.24) is 24.4 Å². The normalized spacial score (nSPS) is 17.2. The number of sulfone groups is 1. The molecule has 3 heterocycles. The number of nitrogens with one attached hydrogen (secondary N) is 1. The van der Waals surface area contributed by atoms with Crippen molar-refractivity contribution in [3.05, 3.63) is 72.4 Å². The van der Waals surface area contributed by atoms with E-state index in [1.165, 1.54) is 6.26 Å². The summed E-state index contributed by atoms with van der Waals surface area (Å²) in [5, 5.41) is 7.90. The Bertz CT molecular complexity index is 1510. The van der Waals surface area contributed by atoms with E-state index < -0.39 is 9.84 Å². The van der Waals surface area contributed by atoms with Gasteiger partial charge in [0.2, 0.25) is 11.9 Å². The third-order valence-corrected chi connectivity index (χ3v) is 7.40. The molecule has 4 aromatic rings. The highest BCUT2D eigenvalue weighted by molar-refractivity contribution is 7.90. The summed E-state index contributed by atoms with van der Waals surface area (Å²) in [5.74, 6) is 0.479. The van der Waals surface area contributed by atoms with Crippen LogP contribution in [0.3, 0.4) is 0 Å². The van der Waals surface area contributed by atoms with Crippen LogP contribution in [0.25, 0.3) is 16.8 Å². The number of hydrogen-bond acceptors (Lipinski definition) is 7. The lowest BCUT2D eigenvalue weighted by molar-refractivity contribution is -0.139. The first kappa shape index (κ1) is 23.0. The lowest BCUT2D eigenvalue weighted by atomic mass is 10.0. The Hall–Kier alpha value is -3.76. The quantitative estimate of drug-likeness (QED) is 0.459. The van der Waals surface area contributed by atoms with Crippen molar-refractivity contribution in [3.8, 4) is 11.3 Å². The van der Waals surface area contributed by atoms with E-state index in [-0.39, 0.29) is 16.8 Å². The fourth-order valence-electron chi connectivity index (χ4n) is 4.31. The Balaban J connectivity index is 1.44. The van der Waals surface area contributed by atoms with E-state index in [2.05, 4.69) is 20.3 Å². The molecular weight excluding hydrogens is 464 g/mol. The molecule has 0 spiro atoms. The van der Waals surface area contributed by atoms with Crippen molar-refractivity contribution in [3.63, 3.8) is 0 Å². The van der Waals surface area contributed by atoms with Gasteiger partial charge in [0.1, 0.15) is 6.04 Å². The van der Waals surface area contributed by atoms with Gasteiger partial charge >= 0.3 is 0 Å². The summed E-state index contributed by atoms with van der Waals surface area (Å²) in [6.07, 6.45) is 2.91. The summed E-state index contributed by atoms with van der Waals surface area (Å²) >= 11 is 0. The average Bonchev–Trinajstić information content (AvgIpc) is 3.25. The van der Waals surface area contributed by atoms with Crippen molar-refractivity contribution in [2.45, 2.75) is 10.9 Å². The van der Waals surface area contributed by atoms with Crippen LogP contribution >= 0.6 is 0 Å². The van der Waals surface area contributed by atoms with Crippen LogP contribution in [0.4, 0.5) is 11.6 Å². The number of likely N-dealkylation sites (N-methyl/N-ethyl adjacent to an activating group) is 2. The van der Waals surface area contributed by atoms with E-state index in [4.69, 9.17) is 0 Å². The summed E-state index contributed by atoms with van der Waals surface area (Å²) in [7, 11) is 0.528. The highest BCUT2D eigenvalue weighted by atomic mass is 32.2. The molecule has 1 amide bonds. The van der Waals surface area contributed by atoms with Crippen LogP contribution in [0.5, 0.6) is 0 Å². The molecule has 1 aliphatic heterocycles.